The summed E-state index contributed by atoms with van der Waals surface area (Å²) >= 11 is 0. The number of rotatable bonds is 9. The Labute approximate surface area is 174 Å². The van der Waals surface area contributed by atoms with Crippen molar-refractivity contribution in [1.82, 2.24) is 4.90 Å². The predicted molar refractivity (Wildman–Crippen MR) is 117 cm³/mol. The molecule has 2 rings (SSSR count). The molecule has 0 aliphatic rings. The van der Waals surface area contributed by atoms with Gasteiger partial charge in [-0.1, -0.05) is 6.07 Å². The van der Waals surface area contributed by atoms with E-state index in [1.807, 2.05) is 77.9 Å². The highest BCUT2D eigenvalue weighted by Crippen LogP contribution is 2.41. The molecule has 0 aromatic heterocycles. The van der Waals surface area contributed by atoms with Gasteiger partial charge in [0, 0.05) is 30.3 Å². The van der Waals surface area contributed by atoms with Crippen LogP contribution in [0.4, 0.5) is 0 Å². The van der Waals surface area contributed by atoms with Gasteiger partial charge in [-0.25, -0.2) is 0 Å². The second kappa shape index (κ2) is 10.2. The molecule has 0 radical (unpaired) electrons. The summed E-state index contributed by atoms with van der Waals surface area (Å²) in [6, 6.07) is 11.3. The molecule has 0 aliphatic heterocycles. The standard InChI is InChI=1S/C24H33NO4/c1-8-25(9-2)24(26)20-11-10-12-21(29-17(5)6)23(20)19-14-13-18(28-16(3)4)15-22(19)27-7/h10-17H,8-9H2,1-7H3. The Hall–Kier alpha value is -2.69. The van der Waals surface area contributed by atoms with Gasteiger partial charge in [-0.2, -0.15) is 0 Å². The van der Waals surface area contributed by atoms with E-state index in [1.165, 1.54) is 0 Å². The molecule has 158 valence electrons. The molecule has 0 atom stereocenters. The molecular weight excluding hydrogens is 366 g/mol. The maximum Gasteiger partial charge on any atom is 0.254 e. The molecule has 0 N–H and O–H groups in total. The third kappa shape index (κ3) is 5.43. The zero-order valence-electron chi connectivity index (χ0n) is 18.6. The van der Waals surface area contributed by atoms with Crippen molar-refractivity contribution in [1.29, 1.82) is 0 Å². The first kappa shape index (κ1) is 22.6. The highest BCUT2D eigenvalue weighted by atomic mass is 16.5. The highest BCUT2D eigenvalue weighted by molar-refractivity contribution is 6.03. The van der Waals surface area contributed by atoms with Crippen molar-refractivity contribution in [2.24, 2.45) is 0 Å². The van der Waals surface area contributed by atoms with Gasteiger partial charge in [0.25, 0.3) is 5.91 Å². The van der Waals surface area contributed by atoms with Crippen LogP contribution >= 0.6 is 0 Å². The van der Waals surface area contributed by atoms with Crippen LogP contribution in [-0.4, -0.2) is 43.2 Å². The lowest BCUT2D eigenvalue weighted by Gasteiger charge is -2.23. The maximum absolute atomic E-state index is 13.3. The lowest BCUT2D eigenvalue weighted by atomic mass is 9.96. The van der Waals surface area contributed by atoms with Gasteiger partial charge in [0.15, 0.2) is 0 Å². The summed E-state index contributed by atoms with van der Waals surface area (Å²) in [4.78, 5) is 15.1. The number of hydrogen-bond donors (Lipinski definition) is 0. The zero-order valence-corrected chi connectivity index (χ0v) is 18.6. The largest absolute Gasteiger partial charge is 0.496 e. The molecule has 0 unspecified atom stereocenters. The zero-order chi connectivity index (χ0) is 21.6. The highest BCUT2D eigenvalue weighted by Gasteiger charge is 2.24. The summed E-state index contributed by atoms with van der Waals surface area (Å²) < 4.78 is 17.6. The molecule has 0 spiro atoms. The Morgan fingerprint density at radius 1 is 0.931 bits per heavy atom. The lowest BCUT2D eigenvalue weighted by Crippen LogP contribution is -2.31. The molecule has 0 aliphatic carbocycles. The topological polar surface area (TPSA) is 48.0 Å². The van der Waals surface area contributed by atoms with E-state index >= 15 is 0 Å². The number of nitrogens with zero attached hydrogens (tertiary/aromatic N) is 1. The summed E-state index contributed by atoms with van der Waals surface area (Å²) in [6.07, 6.45) is 0.0315. The van der Waals surface area contributed by atoms with E-state index in [-0.39, 0.29) is 18.1 Å². The molecule has 5 heteroatoms. The molecule has 0 saturated carbocycles. The minimum Gasteiger partial charge on any atom is -0.496 e. The van der Waals surface area contributed by atoms with E-state index in [0.717, 1.165) is 16.9 Å². The van der Waals surface area contributed by atoms with Gasteiger partial charge in [-0.05, 0) is 65.8 Å². The fourth-order valence-corrected chi connectivity index (χ4v) is 3.24. The van der Waals surface area contributed by atoms with Crippen LogP contribution in [0.25, 0.3) is 11.1 Å². The monoisotopic (exact) mass is 399 g/mol. The molecule has 2 aromatic carbocycles. The first-order valence-corrected chi connectivity index (χ1v) is 10.3. The normalized spacial score (nSPS) is 10.9. The first-order valence-electron chi connectivity index (χ1n) is 10.3. The molecule has 0 saturated heterocycles. The summed E-state index contributed by atoms with van der Waals surface area (Å²) in [6.45, 7) is 13.1. The third-order valence-corrected chi connectivity index (χ3v) is 4.48. The fourth-order valence-electron chi connectivity index (χ4n) is 3.24. The number of hydrogen-bond acceptors (Lipinski definition) is 4. The van der Waals surface area contributed by atoms with Crippen molar-refractivity contribution in [3.05, 3.63) is 42.0 Å². The second-order valence-electron chi connectivity index (χ2n) is 7.35. The van der Waals surface area contributed by atoms with Gasteiger partial charge >= 0.3 is 0 Å². The summed E-state index contributed by atoms with van der Waals surface area (Å²) in [5, 5.41) is 0. The van der Waals surface area contributed by atoms with E-state index in [1.54, 1.807) is 12.0 Å². The van der Waals surface area contributed by atoms with Crippen LogP contribution in [0.3, 0.4) is 0 Å². The van der Waals surface area contributed by atoms with Gasteiger partial charge < -0.3 is 19.1 Å². The molecule has 29 heavy (non-hydrogen) atoms. The molecule has 1 amide bonds. The second-order valence-corrected chi connectivity index (χ2v) is 7.35. The molecule has 0 bridgehead atoms. The average molecular weight is 400 g/mol. The van der Waals surface area contributed by atoms with Gasteiger partial charge in [-0.15, -0.1) is 0 Å². The Kier molecular flexibility index (Phi) is 7.94. The molecule has 0 heterocycles. The summed E-state index contributed by atoms with van der Waals surface area (Å²) in [5.74, 6) is 1.99. The smallest absolute Gasteiger partial charge is 0.254 e. The summed E-state index contributed by atoms with van der Waals surface area (Å²) in [5.41, 5.74) is 2.14. The van der Waals surface area contributed by atoms with E-state index in [2.05, 4.69) is 0 Å². The number of ether oxygens (including phenoxy) is 3. The van der Waals surface area contributed by atoms with Crippen molar-refractivity contribution in [3.63, 3.8) is 0 Å². The van der Waals surface area contributed by atoms with Crippen molar-refractivity contribution < 1.29 is 19.0 Å². The lowest BCUT2D eigenvalue weighted by molar-refractivity contribution is 0.0773. The van der Waals surface area contributed by atoms with Gasteiger partial charge in [0.2, 0.25) is 0 Å². The van der Waals surface area contributed by atoms with Crippen molar-refractivity contribution >= 4 is 5.91 Å². The first-order chi connectivity index (χ1) is 13.8. The van der Waals surface area contributed by atoms with Crippen LogP contribution in [-0.2, 0) is 0 Å². The van der Waals surface area contributed by atoms with Crippen molar-refractivity contribution in [3.8, 4) is 28.4 Å². The Morgan fingerprint density at radius 2 is 1.59 bits per heavy atom. The summed E-state index contributed by atoms with van der Waals surface area (Å²) in [7, 11) is 1.62. The van der Waals surface area contributed by atoms with Gasteiger partial charge in [0.1, 0.15) is 17.2 Å². The number of benzene rings is 2. The SMILES string of the molecule is CCN(CC)C(=O)c1cccc(OC(C)C)c1-c1ccc(OC(C)C)cc1OC. The van der Waals surface area contributed by atoms with E-state index in [0.29, 0.717) is 30.2 Å². The van der Waals surface area contributed by atoms with E-state index in [4.69, 9.17) is 14.2 Å². The fraction of sp³-hybridized carbons (Fsp3) is 0.458. The minimum absolute atomic E-state index is 0.0243. The molecule has 0 fully saturated rings. The van der Waals surface area contributed by atoms with Gasteiger partial charge in [0.05, 0.1) is 24.9 Å². The number of amides is 1. The van der Waals surface area contributed by atoms with Crippen LogP contribution in [0.1, 0.15) is 51.9 Å². The van der Waals surface area contributed by atoms with Crippen molar-refractivity contribution in [2.45, 2.75) is 53.8 Å². The quantitative estimate of drug-likeness (QED) is 0.565. The van der Waals surface area contributed by atoms with Crippen LogP contribution in [0.2, 0.25) is 0 Å². The number of carbonyl (C=O) groups is 1. The van der Waals surface area contributed by atoms with Gasteiger partial charge in [-0.3, -0.25) is 4.79 Å². The number of carbonyl (C=O) groups excluding carboxylic acids is 1. The number of methoxy groups -OCH3 is 1. The predicted octanol–water partition coefficient (Wildman–Crippen LogP) is 5.42. The van der Waals surface area contributed by atoms with Crippen molar-refractivity contribution in [2.75, 3.05) is 20.2 Å². The Morgan fingerprint density at radius 3 is 2.14 bits per heavy atom. The Bertz CT molecular complexity index is 826. The van der Waals surface area contributed by atoms with E-state index < -0.39 is 0 Å². The van der Waals surface area contributed by atoms with Crippen LogP contribution in [0, 0.1) is 0 Å². The van der Waals surface area contributed by atoms with Crippen LogP contribution in [0.5, 0.6) is 17.2 Å². The van der Waals surface area contributed by atoms with Crippen LogP contribution < -0.4 is 14.2 Å². The maximum atomic E-state index is 13.3. The molecule has 2 aromatic rings. The Balaban J connectivity index is 2.69. The van der Waals surface area contributed by atoms with E-state index in [9.17, 15) is 4.79 Å². The average Bonchev–Trinajstić information content (AvgIpc) is 2.68. The molecule has 5 nitrogen and oxygen atoms in total. The van der Waals surface area contributed by atoms with Crippen LogP contribution in [0.15, 0.2) is 36.4 Å². The third-order valence-electron chi connectivity index (χ3n) is 4.48. The minimum atomic E-state index is -0.0258. The molecular formula is C24H33NO4.